The Morgan fingerprint density at radius 3 is 3.00 bits per heavy atom. The monoisotopic (exact) mass is 297 g/mol. The lowest BCUT2D eigenvalue weighted by Crippen LogP contribution is -2.25. The molecule has 1 amide bonds. The summed E-state index contributed by atoms with van der Waals surface area (Å²) in [5.41, 5.74) is 1.12. The summed E-state index contributed by atoms with van der Waals surface area (Å²) in [5, 5.41) is 2.92. The van der Waals surface area contributed by atoms with E-state index in [1.165, 1.54) is 0 Å². The van der Waals surface area contributed by atoms with Crippen LogP contribution in [0.1, 0.15) is 31.2 Å². The SMILES string of the molecule is C#CC#CCCCCC(=O)NCCc1ccc2c(c1)OCO2. The maximum absolute atomic E-state index is 11.7. The van der Waals surface area contributed by atoms with E-state index in [0.717, 1.165) is 42.7 Å². The van der Waals surface area contributed by atoms with E-state index >= 15 is 0 Å². The molecular formula is C18H19NO3. The average molecular weight is 297 g/mol. The maximum Gasteiger partial charge on any atom is 0.231 e. The first kappa shape index (κ1) is 15.8. The molecule has 22 heavy (non-hydrogen) atoms. The predicted molar refractivity (Wildman–Crippen MR) is 84.4 cm³/mol. The van der Waals surface area contributed by atoms with Crippen molar-refractivity contribution in [2.24, 2.45) is 0 Å². The fraction of sp³-hybridized carbons (Fsp3) is 0.389. The van der Waals surface area contributed by atoms with Gasteiger partial charge in [-0.3, -0.25) is 4.79 Å². The second kappa shape index (κ2) is 8.64. The van der Waals surface area contributed by atoms with Crippen LogP contribution in [-0.2, 0) is 11.2 Å². The standard InChI is InChI=1S/C18H19NO3/c1-2-3-4-5-6-7-8-18(20)19-12-11-15-9-10-16-17(13-15)22-14-21-16/h1,9-10,13H,5-8,11-12,14H2,(H,19,20). The van der Waals surface area contributed by atoms with Crippen molar-refractivity contribution < 1.29 is 14.3 Å². The molecule has 114 valence electrons. The van der Waals surface area contributed by atoms with Gasteiger partial charge in [0.25, 0.3) is 0 Å². The highest BCUT2D eigenvalue weighted by Gasteiger charge is 2.12. The predicted octanol–water partition coefficient (Wildman–Crippen LogP) is 2.27. The molecule has 1 aliphatic heterocycles. The van der Waals surface area contributed by atoms with Crippen LogP contribution >= 0.6 is 0 Å². The third-order valence-corrected chi connectivity index (χ3v) is 3.29. The van der Waals surface area contributed by atoms with Crippen molar-refractivity contribution in [2.45, 2.75) is 32.1 Å². The van der Waals surface area contributed by atoms with E-state index in [9.17, 15) is 4.79 Å². The van der Waals surface area contributed by atoms with Crippen molar-refractivity contribution in [1.29, 1.82) is 0 Å². The topological polar surface area (TPSA) is 47.6 Å². The van der Waals surface area contributed by atoms with Crippen LogP contribution in [0.25, 0.3) is 0 Å². The quantitative estimate of drug-likeness (QED) is 0.620. The molecule has 0 aliphatic carbocycles. The molecule has 1 aromatic rings. The Morgan fingerprint density at radius 1 is 1.27 bits per heavy atom. The van der Waals surface area contributed by atoms with E-state index in [2.05, 4.69) is 23.1 Å². The summed E-state index contributed by atoms with van der Waals surface area (Å²) in [6, 6.07) is 5.85. The van der Waals surface area contributed by atoms with Crippen LogP contribution in [0.3, 0.4) is 0 Å². The molecule has 0 unspecified atom stereocenters. The lowest BCUT2D eigenvalue weighted by atomic mass is 10.1. The molecule has 0 fully saturated rings. The first-order valence-electron chi connectivity index (χ1n) is 7.38. The van der Waals surface area contributed by atoms with E-state index in [4.69, 9.17) is 15.9 Å². The Balaban J connectivity index is 1.60. The minimum absolute atomic E-state index is 0.0747. The van der Waals surface area contributed by atoms with E-state index in [0.29, 0.717) is 13.0 Å². The van der Waals surface area contributed by atoms with Crippen molar-refractivity contribution in [3.05, 3.63) is 23.8 Å². The highest BCUT2D eigenvalue weighted by molar-refractivity contribution is 5.75. The molecule has 2 rings (SSSR count). The number of fused-ring (bicyclic) bond motifs is 1. The van der Waals surface area contributed by atoms with Crippen molar-refractivity contribution in [1.82, 2.24) is 5.32 Å². The Labute approximate surface area is 131 Å². The molecular weight excluding hydrogens is 278 g/mol. The maximum atomic E-state index is 11.7. The third-order valence-electron chi connectivity index (χ3n) is 3.29. The summed E-state index contributed by atoms with van der Waals surface area (Å²) in [7, 11) is 0. The van der Waals surface area contributed by atoms with E-state index < -0.39 is 0 Å². The number of unbranched alkanes of at least 4 members (excludes halogenated alkanes) is 2. The van der Waals surface area contributed by atoms with Crippen molar-refractivity contribution in [3.63, 3.8) is 0 Å². The summed E-state index contributed by atoms with van der Waals surface area (Å²) in [6.45, 7) is 0.899. The summed E-state index contributed by atoms with van der Waals surface area (Å²) in [5.74, 6) is 9.32. The molecule has 0 spiro atoms. The van der Waals surface area contributed by atoms with Crippen LogP contribution < -0.4 is 14.8 Å². The summed E-state index contributed by atoms with van der Waals surface area (Å²) in [6.07, 6.45) is 8.79. The van der Waals surface area contributed by atoms with Crippen LogP contribution in [0.15, 0.2) is 18.2 Å². The average Bonchev–Trinajstić information content (AvgIpc) is 2.98. The number of terminal acetylenes is 1. The van der Waals surface area contributed by atoms with Gasteiger partial charge >= 0.3 is 0 Å². The van der Waals surface area contributed by atoms with Crippen molar-refractivity contribution in [3.8, 4) is 35.7 Å². The lowest BCUT2D eigenvalue weighted by molar-refractivity contribution is -0.121. The molecule has 0 saturated heterocycles. The van der Waals surface area contributed by atoms with Gasteiger partial charge in [0.15, 0.2) is 11.5 Å². The number of rotatable bonds is 7. The number of hydrogen-bond acceptors (Lipinski definition) is 3. The lowest BCUT2D eigenvalue weighted by Gasteiger charge is -2.06. The highest BCUT2D eigenvalue weighted by atomic mass is 16.7. The smallest absolute Gasteiger partial charge is 0.231 e. The Kier molecular flexibility index (Phi) is 6.20. The zero-order valence-electron chi connectivity index (χ0n) is 12.5. The Bertz CT molecular complexity index is 619. The molecule has 1 heterocycles. The first-order valence-corrected chi connectivity index (χ1v) is 7.38. The van der Waals surface area contributed by atoms with Gasteiger partial charge in [-0.2, -0.15) is 0 Å². The van der Waals surface area contributed by atoms with Crippen LogP contribution in [-0.4, -0.2) is 19.2 Å². The fourth-order valence-electron chi connectivity index (χ4n) is 2.14. The molecule has 0 saturated carbocycles. The van der Waals surface area contributed by atoms with Crippen molar-refractivity contribution in [2.75, 3.05) is 13.3 Å². The van der Waals surface area contributed by atoms with E-state index in [1.807, 2.05) is 18.2 Å². The normalized spacial score (nSPS) is 11.2. The van der Waals surface area contributed by atoms with Gasteiger partial charge in [-0.15, -0.1) is 6.42 Å². The Hall–Kier alpha value is -2.59. The van der Waals surface area contributed by atoms with E-state index in [-0.39, 0.29) is 12.7 Å². The molecule has 0 bridgehead atoms. The van der Waals surface area contributed by atoms with Crippen LogP contribution in [0.2, 0.25) is 0 Å². The minimum atomic E-state index is 0.0747. The number of carbonyl (C=O) groups is 1. The van der Waals surface area contributed by atoms with E-state index in [1.54, 1.807) is 0 Å². The molecule has 1 aromatic carbocycles. The number of amides is 1. The molecule has 4 nitrogen and oxygen atoms in total. The van der Waals surface area contributed by atoms with Gasteiger partial charge in [0, 0.05) is 19.4 Å². The first-order chi connectivity index (χ1) is 10.8. The molecule has 0 aromatic heterocycles. The third kappa shape index (κ3) is 5.07. The largest absolute Gasteiger partial charge is 0.454 e. The second-order valence-electron chi connectivity index (χ2n) is 4.94. The van der Waals surface area contributed by atoms with Gasteiger partial charge in [0.05, 0.1) is 0 Å². The van der Waals surface area contributed by atoms with Gasteiger partial charge < -0.3 is 14.8 Å². The number of nitrogens with one attached hydrogen (secondary N) is 1. The van der Waals surface area contributed by atoms with Crippen LogP contribution in [0.5, 0.6) is 11.5 Å². The Morgan fingerprint density at radius 2 is 2.14 bits per heavy atom. The molecule has 1 aliphatic rings. The van der Waals surface area contributed by atoms with Crippen molar-refractivity contribution >= 4 is 5.91 Å². The highest BCUT2D eigenvalue weighted by Crippen LogP contribution is 2.32. The number of carbonyl (C=O) groups excluding carboxylic acids is 1. The molecule has 1 N–H and O–H groups in total. The van der Waals surface area contributed by atoms with Gasteiger partial charge in [-0.25, -0.2) is 0 Å². The molecule has 0 radical (unpaired) electrons. The van der Waals surface area contributed by atoms with Gasteiger partial charge in [0.1, 0.15) is 0 Å². The van der Waals surface area contributed by atoms with Crippen LogP contribution in [0, 0.1) is 24.2 Å². The number of ether oxygens (including phenoxy) is 2. The molecule has 4 heteroatoms. The number of benzene rings is 1. The van der Waals surface area contributed by atoms with Crippen LogP contribution in [0.4, 0.5) is 0 Å². The molecule has 0 atom stereocenters. The number of hydrogen-bond donors (Lipinski definition) is 1. The zero-order chi connectivity index (χ0) is 15.6. The summed E-state index contributed by atoms with van der Waals surface area (Å²) >= 11 is 0. The fourth-order valence-corrected chi connectivity index (χ4v) is 2.14. The summed E-state index contributed by atoms with van der Waals surface area (Å²) < 4.78 is 10.6. The van der Waals surface area contributed by atoms with Gasteiger partial charge in [-0.1, -0.05) is 12.0 Å². The zero-order valence-corrected chi connectivity index (χ0v) is 12.5. The second-order valence-corrected chi connectivity index (χ2v) is 4.94. The minimum Gasteiger partial charge on any atom is -0.454 e. The van der Waals surface area contributed by atoms with Gasteiger partial charge in [-0.05, 0) is 48.8 Å². The van der Waals surface area contributed by atoms with Gasteiger partial charge in [0.2, 0.25) is 12.7 Å². The summed E-state index contributed by atoms with van der Waals surface area (Å²) in [4.78, 5) is 11.7.